The number of fused-ring (bicyclic) bond motifs is 4. The predicted molar refractivity (Wildman–Crippen MR) is 143 cm³/mol. The van der Waals surface area contributed by atoms with Crippen molar-refractivity contribution in [1.29, 1.82) is 0 Å². The standard InChI is InChI=1S/C29H31N5O2/c1-33-11-10-22(33)17-36-29-31-27-13-19(26-14-23(35)12-18-4-2-3-5-24(18)26)6-9-25(27)28(32-29)34-15-20-7-8-21(16-34)30-20/h2-6,9,12-14,20-22,30,35H,7-8,10-11,15-17H2,1H3. The zero-order valence-electron chi connectivity index (χ0n) is 20.5. The summed E-state index contributed by atoms with van der Waals surface area (Å²) in [7, 11) is 2.13. The summed E-state index contributed by atoms with van der Waals surface area (Å²) in [5.41, 5.74) is 2.88. The van der Waals surface area contributed by atoms with Crippen molar-refractivity contribution in [3.63, 3.8) is 0 Å². The van der Waals surface area contributed by atoms with Crippen molar-refractivity contribution in [1.82, 2.24) is 20.2 Å². The summed E-state index contributed by atoms with van der Waals surface area (Å²) in [6.45, 7) is 3.62. The van der Waals surface area contributed by atoms with Crippen LogP contribution < -0.4 is 15.0 Å². The summed E-state index contributed by atoms with van der Waals surface area (Å²) in [6.07, 6.45) is 3.58. The predicted octanol–water partition coefficient (Wildman–Crippen LogP) is 4.18. The molecule has 0 amide bonds. The number of nitrogens with zero attached hydrogens (tertiary/aromatic N) is 4. The molecule has 7 heteroatoms. The van der Waals surface area contributed by atoms with E-state index >= 15 is 0 Å². The summed E-state index contributed by atoms with van der Waals surface area (Å²) in [5.74, 6) is 1.22. The van der Waals surface area contributed by atoms with Crippen LogP contribution in [0.2, 0.25) is 0 Å². The molecular weight excluding hydrogens is 450 g/mol. The summed E-state index contributed by atoms with van der Waals surface area (Å²) < 4.78 is 6.18. The fraction of sp³-hybridized carbons (Fsp3) is 0.379. The summed E-state index contributed by atoms with van der Waals surface area (Å²) in [6, 6.07) is 20.1. The topological polar surface area (TPSA) is 73.8 Å². The lowest BCUT2D eigenvalue weighted by molar-refractivity contribution is 0.0732. The molecule has 0 radical (unpaired) electrons. The number of piperazine rings is 1. The number of anilines is 1. The first-order chi connectivity index (χ1) is 17.6. The van der Waals surface area contributed by atoms with Gasteiger partial charge in [-0.3, -0.25) is 4.90 Å². The number of likely N-dealkylation sites (N-methyl/N-ethyl adjacent to an activating group) is 1. The highest BCUT2D eigenvalue weighted by molar-refractivity contribution is 6.00. The number of aromatic nitrogens is 2. The molecule has 7 rings (SSSR count). The normalized spacial score (nSPS) is 23.8. The Morgan fingerprint density at radius 1 is 0.972 bits per heavy atom. The molecule has 3 aromatic carbocycles. The van der Waals surface area contributed by atoms with E-state index in [-0.39, 0.29) is 5.75 Å². The van der Waals surface area contributed by atoms with Gasteiger partial charge in [-0.25, -0.2) is 0 Å². The Morgan fingerprint density at radius 2 is 1.81 bits per heavy atom. The first kappa shape index (κ1) is 21.8. The number of phenolic OH excluding ortho intramolecular Hbond substituents is 1. The minimum absolute atomic E-state index is 0.261. The van der Waals surface area contributed by atoms with Gasteiger partial charge in [0, 0.05) is 36.6 Å². The van der Waals surface area contributed by atoms with E-state index in [0.717, 1.165) is 64.7 Å². The number of benzene rings is 3. The highest BCUT2D eigenvalue weighted by Gasteiger charge is 2.34. The van der Waals surface area contributed by atoms with Crippen molar-refractivity contribution >= 4 is 27.5 Å². The van der Waals surface area contributed by atoms with Crippen LogP contribution in [0.4, 0.5) is 5.82 Å². The van der Waals surface area contributed by atoms with Crippen molar-refractivity contribution < 1.29 is 9.84 Å². The highest BCUT2D eigenvalue weighted by Crippen LogP contribution is 2.37. The van der Waals surface area contributed by atoms with Crippen LogP contribution in [0.5, 0.6) is 11.8 Å². The van der Waals surface area contributed by atoms with E-state index < -0.39 is 0 Å². The molecule has 3 fully saturated rings. The van der Waals surface area contributed by atoms with Crippen molar-refractivity contribution in [3.8, 4) is 22.9 Å². The van der Waals surface area contributed by atoms with Crippen molar-refractivity contribution in [2.24, 2.45) is 0 Å². The maximum absolute atomic E-state index is 10.4. The van der Waals surface area contributed by atoms with Crippen molar-refractivity contribution in [2.75, 3.05) is 38.2 Å². The maximum Gasteiger partial charge on any atom is 0.319 e. The van der Waals surface area contributed by atoms with Crippen molar-refractivity contribution in [2.45, 2.75) is 37.4 Å². The van der Waals surface area contributed by atoms with Crippen LogP contribution in [-0.2, 0) is 0 Å². The van der Waals surface area contributed by atoms with Gasteiger partial charge in [-0.1, -0.05) is 30.3 Å². The van der Waals surface area contributed by atoms with Gasteiger partial charge in [-0.05, 0) is 79.0 Å². The number of nitrogens with one attached hydrogen (secondary N) is 1. The molecule has 2 bridgehead atoms. The van der Waals surface area contributed by atoms with Gasteiger partial charge < -0.3 is 20.1 Å². The summed E-state index contributed by atoms with van der Waals surface area (Å²) >= 11 is 0. The van der Waals surface area contributed by atoms with Crippen LogP contribution in [0.25, 0.3) is 32.8 Å². The lowest BCUT2D eigenvalue weighted by atomic mass is 9.97. The Bertz CT molecular complexity index is 1440. The molecule has 3 unspecified atom stereocenters. The molecule has 1 aromatic heterocycles. The first-order valence-electron chi connectivity index (χ1n) is 13.0. The molecule has 7 nitrogen and oxygen atoms in total. The average Bonchev–Trinajstić information content (AvgIpc) is 3.23. The third-order valence-electron chi connectivity index (χ3n) is 8.17. The van der Waals surface area contributed by atoms with Crippen LogP contribution in [0.15, 0.2) is 54.6 Å². The monoisotopic (exact) mass is 481 g/mol. The van der Waals surface area contributed by atoms with Gasteiger partial charge in [0.2, 0.25) is 0 Å². The molecule has 3 aliphatic heterocycles. The van der Waals surface area contributed by atoms with Gasteiger partial charge in [0.25, 0.3) is 0 Å². The average molecular weight is 482 g/mol. The quantitative estimate of drug-likeness (QED) is 0.443. The molecule has 4 aromatic rings. The lowest BCUT2D eigenvalue weighted by Crippen LogP contribution is -2.51. The minimum atomic E-state index is 0.261. The highest BCUT2D eigenvalue weighted by atomic mass is 16.5. The van der Waals surface area contributed by atoms with Crippen LogP contribution in [0.1, 0.15) is 19.3 Å². The molecule has 4 heterocycles. The molecule has 3 aliphatic rings. The Labute approximate surface area is 210 Å². The Morgan fingerprint density at radius 3 is 2.58 bits per heavy atom. The van der Waals surface area contributed by atoms with E-state index in [2.05, 4.69) is 46.4 Å². The Hall–Kier alpha value is -3.42. The number of ether oxygens (including phenoxy) is 1. The Balaban J connectivity index is 1.33. The van der Waals surface area contributed by atoms with Gasteiger partial charge in [0.1, 0.15) is 18.2 Å². The fourth-order valence-corrected chi connectivity index (χ4v) is 6.02. The van der Waals surface area contributed by atoms with Gasteiger partial charge >= 0.3 is 6.01 Å². The number of aromatic hydroxyl groups is 1. The zero-order valence-corrected chi connectivity index (χ0v) is 20.5. The molecule has 3 atom stereocenters. The van der Waals surface area contributed by atoms with Crippen LogP contribution >= 0.6 is 0 Å². The smallest absolute Gasteiger partial charge is 0.319 e. The number of phenols is 1. The molecule has 2 N–H and O–H groups in total. The summed E-state index contributed by atoms with van der Waals surface area (Å²) in [4.78, 5) is 14.5. The van der Waals surface area contributed by atoms with E-state index in [1.165, 1.54) is 12.8 Å². The van der Waals surface area contributed by atoms with Crippen molar-refractivity contribution in [3.05, 3.63) is 54.6 Å². The second-order valence-electron chi connectivity index (χ2n) is 10.6. The number of likely N-dealkylation sites (tertiary alicyclic amines) is 1. The second-order valence-corrected chi connectivity index (χ2v) is 10.6. The zero-order chi connectivity index (χ0) is 24.2. The molecule has 3 saturated heterocycles. The van der Waals surface area contributed by atoms with Crippen LogP contribution in [0, 0.1) is 0 Å². The maximum atomic E-state index is 10.4. The van der Waals surface area contributed by atoms with E-state index in [4.69, 9.17) is 14.7 Å². The number of hydrogen-bond donors (Lipinski definition) is 2. The molecular formula is C29H31N5O2. The molecule has 0 aliphatic carbocycles. The van der Waals surface area contributed by atoms with Gasteiger partial charge in [-0.2, -0.15) is 9.97 Å². The van der Waals surface area contributed by atoms with E-state index in [1.807, 2.05) is 30.3 Å². The summed E-state index contributed by atoms with van der Waals surface area (Å²) in [5, 5.41) is 17.3. The van der Waals surface area contributed by atoms with Crippen LogP contribution in [-0.4, -0.2) is 71.4 Å². The first-order valence-corrected chi connectivity index (χ1v) is 13.0. The Kier molecular flexibility index (Phi) is 5.22. The molecule has 0 spiro atoms. The van der Waals surface area contributed by atoms with Gasteiger partial charge in [0.05, 0.1) is 5.52 Å². The molecule has 0 saturated carbocycles. The lowest BCUT2D eigenvalue weighted by Gasteiger charge is -2.37. The number of rotatable bonds is 5. The third kappa shape index (κ3) is 3.83. The number of hydrogen-bond acceptors (Lipinski definition) is 7. The SMILES string of the molecule is CN1CCC1COc1nc(N2CC3CCC(C2)N3)c2ccc(-c3cc(O)cc4ccccc34)cc2n1. The van der Waals surface area contributed by atoms with E-state index in [0.29, 0.717) is 30.7 Å². The molecule has 36 heavy (non-hydrogen) atoms. The van der Waals surface area contributed by atoms with Crippen LogP contribution in [0.3, 0.4) is 0 Å². The molecule has 184 valence electrons. The van der Waals surface area contributed by atoms with E-state index in [1.54, 1.807) is 0 Å². The minimum Gasteiger partial charge on any atom is -0.508 e. The third-order valence-corrected chi connectivity index (χ3v) is 8.17. The largest absolute Gasteiger partial charge is 0.508 e. The fourth-order valence-electron chi connectivity index (χ4n) is 6.02. The van der Waals surface area contributed by atoms with E-state index in [9.17, 15) is 5.11 Å². The van der Waals surface area contributed by atoms with Gasteiger partial charge in [-0.15, -0.1) is 0 Å². The van der Waals surface area contributed by atoms with Gasteiger partial charge in [0.15, 0.2) is 0 Å². The second kappa shape index (κ2) is 8.61.